The summed E-state index contributed by atoms with van der Waals surface area (Å²) < 4.78 is 22.7. The van der Waals surface area contributed by atoms with Crippen molar-refractivity contribution in [1.29, 1.82) is 0 Å². The van der Waals surface area contributed by atoms with Gasteiger partial charge in [0.15, 0.2) is 5.78 Å². The number of benzene rings is 5. The summed E-state index contributed by atoms with van der Waals surface area (Å²) in [5, 5.41) is 9.42. The Balaban J connectivity index is 1.39. The molecule has 5 aromatic rings. The number of Topliss-reactive ketones (excluding diaryl/α,β-unsaturated/α-hetero) is 1. The SMILES string of the molecule is C=CCOc1ccc2ccccc2c1-c1c(OCC(=O)C[C@H](CCCNC(=O)OC(C)(C)C)C(=O)Nc2cccc(OC=O)c2)ccc2ccccc12. The second kappa shape index (κ2) is 17.9. The van der Waals surface area contributed by atoms with E-state index in [0.29, 0.717) is 43.1 Å². The average molecular weight is 717 g/mol. The quantitative estimate of drug-likeness (QED) is 0.0556. The Bertz CT molecular complexity index is 2100. The van der Waals surface area contributed by atoms with Crippen LogP contribution in [0.4, 0.5) is 10.5 Å². The molecule has 0 saturated heterocycles. The Morgan fingerprint density at radius 3 is 2.08 bits per heavy atom. The molecule has 0 fully saturated rings. The number of ether oxygens (including phenoxy) is 4. The summed E-state index contributed by atoms with van der Waals surface area (Å²) in [5.74, 6) is -0.0404. The topological polar surface area (TPSA) is 129 Å². The maximum Gasteiger partial charge on any atom is 0.407 e. The second-order valence-electron chi connectivity index (χ2n) is 13.4. The first-order valence-corrected chi connectivity index (χ1v) is 17.5. The Labute approximate surface area is 309 Å². The molecule has 0 spiro atoms. The maximum absolute atomic E-state index is 13.7. The van der Waals surface area contributed by atoms with Gasteiger partial charge in [-0.15, -0.1) is 0 Å². The highest BCUT2D eigenvalue weighted by Crippen LogP contribution is 2.45. The summed E-state index contributed by atoms with van der Waals surface area (Å²) in [6.07, 6.45) is 1.70. The van der Waals surface area contributed by atoms with E-state index in [9.17, 15) is 19.2 Å². The van der Waals surface area contributed by atoms with Gasteiger partial charge in [-0.3, -0.25) is 14.4 Å². The highest BCUT2D eigenvalue weighted by molar-refractivity contribution is 6.10. The lowest BCUT2D eigenvalue weighted by Gasteiger charge is -2.21. The van der Waals surface area contributed by atoms with Crippen LogP contribution in [0.5, 0.6) is 17.2 Å². The third-order valence-electron chi connectivity index (χ3n) is 8.31. The molecule has 0 heterocycles. The minimum atomic E-state index is -0.754. The third-order valence-corrected chi connectivity index (χ3v) is 8.31. The van der Waals surface area contributed by atoms with Crippen molar-refractivity contribution in [2.45, 2.75) is 45.6 Å². The molecular formula is C43H44N2O8. The molecule has 0 unspecified atom stereocenters. The van der Waals surface area contributed by atoms with E-state index in [1.54, 1.807) is 45.0 Å². The summed E-state index contributed by atoms with van der Waals surface area (Å²) in [7, 11) is 0. The summed E-state index contributed by atoms with van der Waals surface area (Å²) in [5.41, 5.74) is 1.37. The van der Waals surface area contributed by atoms with E-state index < -0.39 is 23.5 Å². The highest BCUT2D eigenvalue weighted by atomic mass is 16.6. The monoisotopic (exact) mass is 716 g/mol. The molecule has 53 heavy (non-hydrogen) atoms. The standard InChI is InChI=1S/C43H44N2O8/c1-5-24-50-37-21-19-29-12-6-8-17-35(29)39(37)40-36-18-9-7-13-30(36)20-22-38(40)51-27-33(47)25-31(14-11-23-44-42(49)53-43(2,3)4)41(48)45-32-15-10-16-34(26-32)52-28-46/h5-10,12-13,15-22,26,28,31H,1,11,14,23-25,27H2,2-4H3,(H,44,49)(H,45,48)/t31-/m0/s1. The van der Waals surface area contributed by atoms with Crippen LogP contribution in [0.1, 0.15) is 40.0 Å². The Hall–Kier alpha value is -6.16. The van der Waals surface area contributed by atoms with Crippen molar-refractivity contribution in [3.63, 3.8) is 0 Å². The van der Waals surface area contributed by atoms with E-state index in [0.717, 1.165) is 32.7 Å². The lowest BCUT2D eigenvalue weighted by atomic mass is 9.92. The average Bonchev–Trinajstić information content (AvgIpc) is 3.13. The van der Waals surface area contributed by atoms with Gasteiger partial charge in [0, 0.05) is 41.8 Å². The Morgan fingerprint density at radius 2 is 1.45 bits per heavy atom. The first kappa shape index (κ1) is 38.1. The first-order valence-electron chi connectivity index (χ1n) is 17.5. The van der Waals surface area contributed by atoms with Gasteiger partial charge in [-0.05, 0) is 79.4 Å². The van der Waals surface area contributed by atoms with Crippen LogP contribution in [0.3, 0.4) is 0 Å². The minimum Gasteiger partial charge on any atom is -0.489 e. The molecule has 0 aliphatic heterocycles. The van der Waals surface area contributed by atoms with Crippen molar-refractivity contribution in [1.82, 2.24) is 5.32 Å². The van der Waals surface area contributed by atoms with Gasteiger partial charge in [-0.25, -0.2) is 4.79 Å². The fourth-order valence-electron chi connectivity index (χ4n) is 6.03. The number of hydrogen-bond donors (Lipinski definition) is 2. The van der Waals surface area contributed by atoms with E-state index in [4.69, 9.17) is 18.9 Å². The molecule has 2 N–H and O–H groups in total. The number of amides is 2. The van der Waals surface area contributed by atoms with Gasteiger partial charge < -0.3 is 29.6 Å². The molecule has 5 aromatic carbocycles. The van der Waals surface area contributed by atoms with Crippen LogP contribution in [0.2, 0.25) is 0 Å². The lowest BCUT2D eigenvalue weighted by molar-refractivity contribution is -0.127. The van der Waals surface area contributed by atoms with Gasteiger partial charge in [0.25, 0.3) is 6.47 Å². The van der Waals surface area contributed by atoms with Gasteiger partial charge in [0.05, 0.1) is 0 Å². The van der Waals surface area contributed by atoms with Gasteiger partial charge in [-0.1, -0.05) is 79.4 Å². The predicted molar refractivity (Wildman–Crippen MR) is 206 cm³/mol. The molecule has 274 valence electrons. The number of ketones is 1. The van der Waals surface area contributed by atoms with Crippen molar-refractivity contribution >= 4 is 51.5 Å². The van der Waals surface area contributed by atoms with Crippen LogP contribution in [-0.4, -0.2) is 49.6 Å². The van der Waals surface area contributed by atoms with Crippen LogP contribution in [0.25, 0.3) is 32.7 Å². The highest BCUT2D eigenvalue weighted by Gasteiger charge is 2.25. The number of alkyl carbamates (subject to hydrolysis) is 1. The van der Waals surface area contributed by atoms with Crippen molar-refractivity contribution in [2.24, 2.45) is 5.92 Å². The number of anilines is 1. The summed E-state index contributed by atoms with van der Waals surface area (Å²) in [6.45, 7) is 9.69. The summed E-state index contributed by atoms with van der Waals surface area (Å²) in [4.78, 5) is 50.3. The van der Waals surface area contributed by atoms with E-state index in [1.807, 2.05) is 72.8 Å². The molecule has 2 amide bonds. The number of rotatable bonds is 17. The Kier molecular flexibility index (Phi) is 12.8. The molecule has 0 saturated carbocycles. The normalized spacial score (nSPS) is 11.7. The van der Waals surface area contributed by atoms with E-state index in [2.05, 4.69) is 17.2 Å². The maximum atomic E-state index is 13.7. The number of nitrogens with one attached hydrogen (secondary N) is 2. The zero-order valence-corrected chi connectivity index (χ0v) is 30.2. The fourth-order valence-corrected chi connectivity index (χ4v) is 6.03. The zero-order chi connectivity index (χ0) is 37.8. The molecule has 10 nitrogen and oxygen atoms in total. The van der Waals surface area contributed by atoms with Crippen LogP contribution in [0.15, 0.2) is 110 Å². The predicted octanol–water partition coefficient (Wildman–Crippen LogP) is 8.66. The lowest BCUT2D eigenvalue weighted by Crippen LogP contribution is -2.33. The number of carbonyl (C=O) groups excluding carboxylic acids is 4. The van der Waals surface area contributed by atoms with Gasteiger partial charge in [0.2, 0.25) is 5.91 Å². The van der Waals surface area contributed by atoms with Crippen molar-refractivity contribution in [3.8, 4) is 28.4 Å². The molecule has 0 aromatic heterocycles. The van der Waals surface area contributed by atoms with Crippen LogP contribution in [-0.2, 0) is 19.1 Å². The third kappa shape index (κ3) is 10.4. The van der Waals surface area contributed by atoms with Crippen molar-refractivity contribution in [3.05, 3.63) is 110 Å². The van der Waals surface area contributed by atoms with Gasteiger partial charge >= 0.3 is 6.09 Å². The molecule has 0 aliphatic rings. The summed E-state index contributed by atoms with van der Waals surface area (Å²) >= 11 is 0. The fraction of sp³-hybridized carbons (Fsp3) is 0.256. The van der Waals surface area contributed by atoms with Crippen molar-refractivity contribution in [2.75, 3.05) is 25.1 Å². The van der Waals surface area contributed by atoms with E-state index >= 15 is 0 Å². The molecular weight excluding hydrogens is 672 g/mol. The van der Waals surface area contributed by atoms with E-state index in [-0.39, 0.29) is 31.1 Å². The minimum absolute atomic E-state index is 0.117. The van der Waals surface area contributed by atoms with E-state index in [1.165, 1.54) is 6.07 Å². The summed E-state index contributed by atoms with van der Waals surface area (Å²) in [6, 6.07) is 30.1. The van der Waals surface area contributed by atoms with Gasteiger partial charge in [0.1, 0.15) is 36.1 Å². The second-order valence-corrected chi connectivity index (χ2v) is 13.4. The van der Waals surface area contributed by atoms with Crippen LogP contribution < -0.4 is 24.8 Å². The zero-order valence-electron chi connectivity index (χ0n) is 30.2. The smallest absolute Gasteiger partial charge is 0.407 e. The largest absolute Gasteiger partial charge is 0.489 e. The molecule has 1 atom stereocenters. The first-order chi connectivity index (χ1) is 25.6. The Morgan fingerprint density at radius 1 is 0.811 bits per heavy atom. The van der Waals surface area contributed by atoms with Crippen molar-refractivity contribution < 1.29 is 38.1 Å². The van der Waals surface area contributed by atoms with Gasteiger partial charge in [-0.2, -0.15) is 0 Å². The molecule has 5 rings (SSSR count). The molecule has 0 radical (unpaired) electrons. The number of fused-ring (bicyclic) bond motifs is 2. The molecule has 0 bridgehead atoms. The van der Waals surface area contributed by atoms with Crippen LogP contribution >= 0.6 is 0 Å². The van der Waals surface area contributed by atoms with Crippen LogP contribution in [0, 0.1) is 5.92 Å². The molecule has 0 aliphatic carbocycles. The number of carbonyl (C=O) groups is 4. The number of hydrogen-bond acceptors (Lipinski definition) is 8. The molecule has 10 heteroatoms.